The van der Waals surface area contributed by atoms with Gasteiger partial charge < -0.3 is 10.1 Å². The minimum absolute atomic E-state index is 0.00579. The van der Waals surface area contributed by atoms with Crippen molar-refractivity contribution in [2.24, 2.45) is 14.1 Å². The molecule has 120 valence electrons. The number of fused-ring (bicyclic) bond motifs is 1. The molecule has 3 rings (SSSR count). The molecule has 8 nitrogen and oxygen atoms in total. The van der Waals surface area contributed by atoms with Gasteiger partial charge in [-0.15, -0.1) is 0 Å². The van der Waals surface area contributed by atoms with Crippen LogP contribution in [0.3, 0.4) is 0 Å². The number of carbonyl (C=O) groups is 1. The van der Waals surface area contributed by atoms with Crippen molar-refractivity contribution in [3.63, 3.8) is 0 Å². The summed E-state index contributed by atoms with van der Waals surface area (Å²) in [5, 5.41) is 2.49. The smallest absolute Gasteiger partial charge is 0.338 e. The van der Waals surface area contributed by atoms with Gasteiger partial charge in [-0.25, -0.2) is 18.5 Å². The van der Waals surface area contributed by atoms with Crippen LogP contribution < -0.4 is 21.4 Å². The number of nitrogens with zero attached hydrogens (tertiary/aromatic N) is 3. The number of benzene rings is 1. The van der Waals surface area contributed by atoms with Gasteiger partial charge in [0.1, 0.15) is 5.75 Å². The second-order valence-corrected chi connectivity index (χ2v) is 5.30. The summed E-state index contributed by atoms with van der Waals surface area (Å²) in [7, 11) is 2.75. The molecule has 0 bridgehead atoms. The predicted octanol–water partition coefficient (Wildman–Crippen LogP) is 0.0742. The Balaban J connectivity index is 2.35. The largest absolute Gasteiger partial charge is 0.481 e. The van der Waals surface area contributed by atoms with Crippen LogP contribution in [0.2, 0.25) is 0 Å². The van der Waals surface area contributed by atoms with Gasteiger partial charge in [-0.2, -0.15) is 0 Å². The fourth-order valence-corrected chi connectivity index (χ4v) is 2.39. The first-order valence-corrected chi connectivity index (χ1v) is 6.87. The number of hydrogen-bond donors (Lipinski definition) is 1. The van der Waals surface area contributed by atoms with E-state index in [0.717, 1.165) is 15.2 Å². The van der Waals surface area contributed by atoms with Crippen LogP contribution in [-0.2, 0) is 18.9 Å². The molecule has 1 aromatic carbocycles. The first-order valence-electron chi connectivity index (χ1n) is 6.47. The van der Waals surface area contributed by atoms with E-state index in [1.165, 1.54) is 20.2 Å². The standard InChI is InChI=1S/C13H11FN4O4S/c1-16-11(20)18(12(21)17(2)13(16)23)8-4-7-9(3-6(8)14)22-5-10(19)15-7/h3-4H,5H2,1-2H3,(H,15,19). The summed E-state index contributed by atoms with van der Waals surface area (Å²) in [6, 6.07) is 2.19. The van der Waals surface area contributed by atoms with Crippen LogP contribution in [0.15, 0.2) is 21.7 Å². The molecule has 2 aromatic rings. The van der Waals surface area contributed by atoms with Gasteiger partial charge in [-0.05, 0) is 18.3 Å². The van der Waals surface area contributed by atoms with Gasteiger partial charge in [-0.1, -0.05) is 0 Å². The van der Waals surface area contributed by atoms with Crippen LogP contribution in [0.1, 0.15) is 0 Å². The van der Waals surface area contributed by atoms with E-state index in [4.69, 9.17) is 17.0 Å². The maximum Gasteiger partial charge on any atom is 0.338 e. The Morgan fingerprint density at radius 2 is 1.78 bits per heavy atom. The summed E-state index contributed by atoms with van der Waals surface area (Å²) in [6.45, 7) is -0.229. The zero-order valence-electron chi connectivity index (χ0n) is 12.1. The number of rotatable bonds is 1. The molecule has 1 N–H and O–H groups in total. The molecule has 0 saturated carbocycles. The summed E-state index contributed by atoms with van der Waals surface area (Å²) in [5.41, 5.74) is -1.71. The van der Waals surface area contributed by atoms with Gasteiger partial charge in [0, 0.05) is 20.2 Å². The molecular formula is C13H11FN4O4S. The van der Waals surface area contributed by atoms with Gasteiger partial charge in [0.2, 0.25) is 0 Å². The number of hydrogen-bond acceptors (Lipinski definition) is 5. The highest BCUT2D eigenvalue weighted by molar-refractivity contribution is 7.71. The monoisotopic (exact) mass is 338 g/mol. The number of amides is 1. The van der Waals surface area contributed by atoms with Crippen molar-refractivity contribution < 1.29 is 13.9 Å². The topological polar surface area (TPSA) is 87.3 Å². The van der Waals surface area contributed by atoms with Crippen LogP contribution in [-0.4, -0.2) is 26.2 Å². The van der Waals surface area contributed by atoms with E-state index < -0.39 is 23.1 Å². The highest BCUT2D eigenvalue weighted by Gasteiger charge is 2.22. The lowest BCUT2D eigenvalue weighted by Gasteiger charge is -2.19. The minimum atomic E-state index is -0.837. The lowest BCUT2D eigenvalue weighted by molar-refractivity contribution is -0.118. The third kappa shape index (κ3) is 2.27. The first-order chi connectivity index (χ1) is 10.8. The number of halogens is 1. The van der Waals surface area contributed by atoms with Crippen molar-refractivity contribution in [1.82, 2.24) is 13.7 Å². The Hall–Kier alpha value is -2.75. The molecule has 0 fully saturated rings. The maximum absolute atomic E-state index is 14.3. The fraction of sp³-hybridized carbons (Fsp3) is 0.231. The lowest BCUT2D eigenvalue weighted by Crippen LogP contribution is -2.44. The van der Waals surface area contributed by atoms with E-state index in [-0.39, 0.29) is 28.5 Å². The summed E-state index contributed by atoms with van der Waals surface area (Å²) in [4.78, 5) is 36.0. The second-order valence-electron chi connectivity index (χ2n) is 4.94. The van der Waals surface area contributed by atoms with Crippen molar-refractivity contribution >= 4 is 23.8 Å². The summed E-state index contributed by atoms with van der Waals surface area (Å²) in [6.07, 6.45) is 0. The van der Waals surface area contributed by atoms with Crippen molar-refractivity contribution in [3.05, 3.63) is 43.7 Å². The third-order valence-corrected chi connectivity index (χ3v) is 4.00. The third-order valence-electron chi connectivity index (χ3n) is 3.45. The number of aromatic nitrogens is 3. The highest BCUT2D eigenvalue weighted by atomic mass is 32.1. The summed E-state index contributed by atoms with van der Waals surface area (Å²) < 4.78 is 22.2. The Morgan fingerprint density at radius 3 is 2.39 bits per heavy atom. The summed E-state index contributed by atoms with van der Waals surface area (Å²) in [5.74, 6) is -1.13. The molecule has 2 heterocycles. The normalized spacial score (nSPS) is 13.3. The average molecular weight is 338 g/mol. The van der Waals surface area contributed by atoms with E-state index in [9.17, 15) is 18.8 Å². The van der Waals surface area contributed by atoms with Crippen LogP contribution in [0.5, 0.6) is 5.75 Å². The Bertz CT molecular complexity index is 980. The summed E-state index contributed by atoms with van der Waals surface area (Å²) >= 11 is 4.97. The van der Waals surface area contributed by atoms with Crippen molar-refractivity contribution in [2.75, 3.05) is 11.9 Å². The number of carbonyl (C=O) groups excluding carboxylic acids is 1. The molecule has 1 aliphatic heterocycles. The Kier molecular flexibility index (Phi) is 3.40. The molecule has 23 heavy (non-hydrogen) atoms. The van der Waals surface area contributed by atoms with Crippen LogP contribution >= 0.6 is 12.2 Å². The van der Waals surface area contributed by atoms with Crippen molar-refractivity contribution in [2.45, 2.75) is 0 Å². The molecule has 0 aliphatic carbocycles. The van der Waals surface area contributed by atoms with Gasteiger partial charge in [-0.3, -0.25) is 13.9 Å². The molecule has 1 amide bonds. The molecular weight excluding hydrogens is 327 g/mol. The zero-order chi connectivity index (χ0) is 16.9. The SMILES string of the molecule is Cn1c(=S)n(C)c(=O)n(-c2cc3c(cc2F)OCC(=O)N3)c1=O. The van der Waals surface area contributed by atoms with E-state index in [0.29, 0.717) is 4.57 Å². The molecule has 0 unspecified atom stereocenters. The number of ether oxygens (including phenoxy) is 1. The van der Waals surface area contributed by atoms with E-state index >= 15 is 0 Å². The highest BCUT2D eigenvalue weighted by Crippen LogP contribution is 2.31. The number of nitrogens with one attached hydrogen (secondary N) is 1. The van der Waals surface area contributed by atoms with Crippen molar-refractivity contribution in [1.29, 1.82) is 0 Å². The van der Waals surface area contributed by atoms with Gasteiger partial charge in [0.15, 0.2) is 17.2 Å². The van der Waals surface area contributed by atoms with E-state index in [2.05, 4.69) is 5.32 Å². The Labute approximate surface area is 133 Å². The van der Waals surface area contributed by atoms with Crippen LogP contribution in [0.4, 0.5) is 10.1 Å². The fourth-order valence-electron chi connectivity index (χ4n) is 2.24. The molecule has 1 aromatic heterocycles. The molecule has 0 atom stereocenters. The molecule has 0 spiro atoms. The van der Waals surface area contributed by atoms with Crippen LogP contribution in [0.25, 0.3) is 5.69 Å². The molecule has 0 radical (unpaired) electrons. The number of anilines is 1. The maximum atomic E-state index is 14.3. The van der Waals surface area contributed by atoms with Crippen LogP contribution in [0, 0.1) is 10.6 Å². The quantitative estimate of drug-likeness (QED) is 0.744. The van der Waals surface area contributed by atoms with Gasteiger partial charge >= 0.3 is 11.4 Å². The lowest BCUT2D eigenvalue weighted by atomic mass is 10.2. The molecule has 0 saturated heterocycles. The van der Waals surface area contributed by atoms with E-state index in [1.807, 2.05) is 0 Å². The zero-order valence-corrected chi connectivity index (χ0v) is 12.9. The predicted molar refractivity (Wildman–Crippen MR) is 81.2 cm³/mol. The minimum Gasteiger partial charge on any atom is -0.481 e. The van der Waals surface area contributed by atoms with Crippen molar-refractivity contribution in [3.8, 4) is 11.4 Å². The first kappa shape index (κ1) is 15.2. The molecule has 1 aliphatic rings. The molecule has 10 heteroatoms. The van der Waals surface area contributed by atoms with Gasteiger partial charge in [0.25, 0.3) is 5.91 Å². The van der Waals surface area contributed by atoms with Gasteiger partial charge in [0.05, 0.1) is 11.4 Å². The average Bonchev–Trinajstić information content (AvgIpc) is 2.52. The second kappa shape index (κ2) is 5.16. The van der Waals surface area contributed by atoms with E-state index in [1.54, 1.807) is 0 Å². The Morgan fingerprint density at radius 1 is 1.17 bits per heavy atom.